The number of nitrogens with one attached hydrogen (secondary N) is 1. The van der Waals surface area contributed by atoms with E-state index in [2.05, 4.69) is 15.8 Å². The first-order chi connectivity index (χ1) is 17.4. The van der Waals surface area contributed by atoms with Crippen molar-refractivity contribution in [3.8, 4) is 6.07 Å². The van der Waals surface area contributed by atoms with Crippen molar-refractivity contribution < 1.29 is 13.2 Å². The number of fused-ring (bicyclic) bond motifs is 2. The number of benzene rings is 3. The molecule has 0 spiro atoms. The summed E-state index contributed by atoms with van der Waals surface area (Å²) in [5.74, 6) is -0.0387. The fraction of sp³-hybridized carbons (Fsp3) is 0.107. The van der Waals surface area contributed by atoms with Crippen molar-refractivity contribution in [3.63, 3.8) is 0 Å². The average Bonchev–Trinajstić information content (AvgIpc) is 3.22. The lowest BCUT2D eigenvalue weighted by molar-refractivity contribution is 0.0984. The zero-order valence-electron chi connectivity index (χ0n) is 19.5. The van der Waals surface area contributed by atoms with E-state index in [9.17, 15) is 13.2 Å². The highest BCUT2D eigenvalue weighted by atomic mass is 32.2. The van der Waals surface area contributed by atoms with Crippen LogP contribution in [0, 0.1) is 11.3 Å². The molecule has 1 N–H and O–H groups in total. The minimum atomic E-state index is -3.91. The average molecular weight is 495 g/mol. The van der Waals surface area contributed by atoms with Crippen LogP contribution < -0.4 is 4.72 Å². The van der Waals surface area contributed by atoms with Crippen molar-refractivity contribution in [3.05, 3.63) is 102 Å². The summed E-state index contributed by atoms with van der Waals surface area (Å²) in [6, 6.07) is 23.0. The Morgan fingerprint density at radius 2 is 1.83 bits per heavy atom. The number of hydrogen-bond donors (Lipinski definition) is 1. The van der Waals surface area contributed by atoms with Gasteiger partial charge >= 0.3 is 0 Å². The third-order valence-electron chi connectivity index (χ3n) is 6.15. The second-order valence-corrected chi connectivity index (χ2v) is 10.2. The predicted octanol–water partition coefficient (Wildman–Crippen LogP) is 5.21. The zero-order valence-corrected chi connectivity index (χ0v) is 20.3. The highest BCUT2D eigenvalue weighted by Crippen LogP contribution is 2.28. The number of aryl methyl sites for hydroxylation is 2. The number of nitriles is 1. The molecular formula is C28H22N4O3S. The van der Waals surface area contributed by atoms with Gasteiger partial charge in [0, 0.05) is 53.4 Å². The molecule has 2 aromatic heterocycles. The number of pyridine rings is 1. The SMILES string of the molecule is Cn1cc(C(=O)CCc2ccc(C#N)cc2)c2cc(NS(=O)(=O)c3cccc4cccnc34)ccc21. The van der Waals surface area contributed by atoms with Gasteiger partial charge in [0.05, 0.1) is 17.1 Å². The van der Waals surface area contributed by atoms with Gasteiger partial charge in [0.2, 0.25) is 0 Å². The lowest BCUT2D eigenvalue weighted by Gasteiger charge is -2.10. The van der Waals surface area contributed by atoms with Crippen LogP contribution in [-0.2, 0) is 23.5 Å². The molecule has 0 fully saturated rings. The Labute approximate surface area is 208 Å². The molecule has 0 saturated heterocycles. The predicted molar refractivity (Wildman–Crippen MR) is 139 cm³/mol. The third-order valence-corrected chi connectivity index (χ3v) is 7.56. The summed E-state index contributed by atoms with van der Waals surface area (Å²) in [6.45, 7) is 0. The van der Waals surface area contributed by atoms with Gasteiger partial charge in [-0.15, -0.1) is 0 Å². The van der Waals surface area contributed by atoms with Crippen molar-refractivity contribution in [2.75, 3.05) is 4.72 Å². The molecule has 0 amide bonds. The molecule has 7 nitrogen and oxygen atoms in total. The summed E-state index contributed by atoms with van der Waals surface area (Å²) in [7, 11) is -2.06. The van der Waals surface area contributed by atoms with Gasteiger partial charge in [-0.2, -0.15) is 5.26 Å². The summed E-state index contributed by atoms with van der Waals surface area (Å²) in [5, 5.41) is 10.4. The lowest BCUT2D eigenvalue weighted by Crippen LogP contribution is -2.13. The van der Waals surface area contributed by atoms with Gasteiger partial charge in [0.25, 0.3) is 10.0 Å². The molecule has 178 valence electrons. The van der Waals surface area contributed by atoms with E-state index in [1.807, 2.05) is 35.9 Å². The lowest BCUT2D eigenvalue weighted by atomic mass is 10.0. The Morgan fingerprint density at radius 3 is 2.61 bits per heavy atom. The zero-order chi connectivity index (χ0) is 25.3. The fourth-order valence-electron chi connectivity index (χ4n) is 4.32. The summed E-state index contributed by atoms with van der Waals surface area (Å²) < 4.78 is 31.0. The first-order valence-electron chi connectivity index (χ1n) is 11.3. The molecule has 5 rings (SSSR count). The maximum absolute atomic E-state index is 13.2. The van der Waals surface area contributed by atoms with E-state index < -0.39 is 10.0 Å². The number of carbonyl (C=O) groups excluding carboxylic acids is 1. The second-order valence-electron chi connectivity index (χ2n) is 8.55. The normalized spacial score (nSPS) is 11.4. The smallest absolute Gasteiger partial charge is 0.264 e. The molecule has 3 aromatic carbocycles. The molecule has 0 radical (unpaired) electrons. The summed E-state index contributed by atoms with van der Waals surface area (Å²) in [5.41, 5.74) is 3.67. The van der Waals surface area contributed by atoms with Crippen LogP contribution in [0.2, 0.25) is 0 Å². The molecule has 0 aliphatic carbocycles. The molecule has 0 saturated carbocycles. The van der Waals surface area contributed by atoms with Gasteiger partial charge in [0.1, 0.15) is 4.90 Å². The summed E-state index contributed by atoms with van der Waals surface area (Å²) in [6.07, 6.45) is 4.18. The number of sulfonamides is 1. The molecule has 5 aromatic rings. The van der Waals surface area contributed by atoms with Crippen LogP contribution in [0.3, 0.4) is 0 Å². The molecule has 0 atom stereocenters. The Balaban J connectivity index is 1.43. The van der Waals surface area contributed by atoms with Gasteiger partial charge in [-0.3, -0.25) is 14.5 Å². The first kappa shape index (κ1) is 23.3. The Hall–Kier alpha value is -4.48. The number of ketones is 1. The summed E-state index contributed by atoms with van der Waals surface area (Å²) >= 11 is 0. The number of nitrogens with zero attached hydrogens (tertiary/aromatic N) is 3. The number of aromatic nitrogens is 2. The number of rotatable bonds is 7. The Bertz CT molecular complexity index is 1760. The quantitative estimate of drug-likeness (QED) is 0.313. The molecule has 0 unspecified atom stereocenters. The van der Waals surface area contributed by atoms with Gasteiger partial charge in [-0.1, -0.05) is 30.3 Å². The van der Waals surface area contributed by atoms with Gasteiger partial charge in [-0.25, -0.2) is 8.42 Å². The van der Waals surface area contributed by atoms with Crippen LogP contribution in [-0.4, -0.2) is 23.8 Å². The molecular weight excluding hydrogens is 472 g/mol. The van der Waals surface area contributed by atoms with Crippen molar-refractivity contribution in [2.45, 2.75) is 17.7 Å². The highest BCUT2D eigenvalue weighted by Gasteiger charge is 2.20. The molecule has 36 heavy (non-hydrogen) atoms. The number of hydrogen-bond acceptors (Lipinski definition) is 5. The van der Waals surface area contributed by atoms with Crippen molar-refractivity contribution in [1.29, 1.82) is 5.26 Å². The monoisotopic (exact) mass is 494 g/mol. The first-order valence-corrected chi connectivity index (χ1v) is 12.8. The molecule has 2 heterocycles. The molecule has 8 heteroatoms. The molecule has 0 aliphatic heterocycles. The van der Waals surface area contributed by atoms with E-state index in [1.54, 1.807) is 54.9 Å². The van der Waals surface area contributed by atoms with Crippen LogP contribution in [0.5, 0.6) is 0 Å². The van der Waals surface area contributed by atoms with Crippen molar-refractivity contribution >= 4 is 43.3 Å². The maximum atomic E-state index is 13.2. The second kappa shape index (κ2) is 9.29. The minimum Gasteiger partial charge on any atom is -0.350 e. The van der Waals surface area contributed by atoms with Crippen molar-refractivity contribution in [2.24, 2.45) is 7.05 Å². The molecule has 0 aliphatic rings. The largest absolute Gasteiger partial charge is 0.350 e. The highest BCUT2D eigenvalue weighted by molar-refractivity contribution is 7.93. The number of Topliss-reactive ketones (excluding diaryl/α,β-unsaturated/α-hetero) is 1. The van der Waals surface area contributed by atoms with Crippen LogP contribution >= 0.6 is 0 Å². The van der Waals surface area contributed by atoms with Crippen LogP contribution in [0.25, 0.3) is 21.8 Å². The van der Waals surface area contributed by atoms with Gasteiger partial charge < -0.3 is 4.57 Å². The number of anilines is 1. The van der Waals surface area contributed by atoms with Gasteiger partial charge in [0.15, 0.2) is 5.78 Å². The van der Waals surface area contributed by atoms with Crippen molar-refractivity contribution in [1.82, 2.24) is 9.55 Å². The maximum Gasteiger partial charge on any atom is 0.264 e. The topological polar surface area (TPSA) is 105 Å². The fourth-order valence-corrected chi connectivity index (χ4v) is 5.55. The summed E-state index contributed by atoms with van der Waals surface area (Å²) in [4.78, 5) is 17.5. The number of para-hydroxylation sites is 1. The number of carbonyl (C=O) groups is 1. The molecule has 0 bridgehead atoms. The van der Waals surface area contributed by atoms with E-state index in [4.69, 9.17) is 5.26 Å². The van der Waals surface area contributed by atoms with E-state index in [1.165, 1.54) is 6.07 Å². The third kappa shape index (κ3) is 4.44. The van der Waals surface area contributed by atoms with Crippen LogP contribution in [0.15, 0.2) is 90.1 Å². The standard InChI is InChI=1S/C28H22N4O3S/c1-32-18-24(26(33)14-11-19-7-9-20(17-29)10-8-19)23-16-22(12-13-25(23)32)31-36(34,35)27-6-2-4-21-5-3-15-30-28(21)27/h2-10,12-13,15-16,18,31H,11,14H2,1H3. The van der Waals surface area contributed by atoms with E-state index in [-0.39, 0.29) is 10.7 Å². The Morgan fingerprint density at radius 1 is 1.06 bits per heavy atom. The van der Waals surface area contributed by atoms with E-state index in [0.717, 1.165) is 16.5 Å². The van der Waals surface area contributed by atoms with E-state index in [0.29, 0.717) is 40.6 Å². The van der Waals surface area contributed by atoms with Crippen LogP contribution in [0.4, 0.5) is 5.69 Å². The van der Waals surface area contributed by atoms with Crippen LogP contribution in [0.1, 0.15) is 27.9 Å². The Kier molecular flexibility index (Phi) is 6.00. The van der Waals surface area contributed by atoms with E-state index >= 15 is 0 Å². The van der Waals surface area contributed by atoms with Gasteiger partial charge in [-0.05, 0) is 54.4 Å². The minimum absolute atomic E-state index is 0.0387.